The second kappa shape index (κ2) is 3.46. The van der Waals surface area contributed by atoms with Gasteiger partial charge in [0.2, 0.25) is 0 Å². The summed E-state index contributed by atoms with van der Waals surface area (Å²) in [5, 5.41) is 35.5. The summed E-state index contributed by atoms with van der Waals surface area (Å²) >= 11 is 0. The van der Waals surface area contributed by atoms with Crippen LogP contribution in [-0.4, -0.2) is 51.6 Å². The van der Waals surface area contributed by atoms with E-state index in [1.165, 1.54) is 0 Å². The molecule has 5 heteroatoms. The average molecular weight is 164 g/mol. The van der Waals surface area contributed by atoms with Crippen molar-refractivity contribution in [2.45, 2.75) is 31.0 Å². The second-order valence-corrected chi connectivity index (χ2v) is 2.62. The lowest BCUT2D eigenvalue weighted by Gasteiger charge is -2.33. The normalized spacial score (nSPS) is 45.8. The van der Waals surface area contributed by atoms with E-state index in [2.05, 4.69) is 0 Å². The van der Waals surface area contributed by atoms with Crippen LogP contribution in [0.25, 0.3) is 0 Å². The molecule has 11 heavy (non-hydrogen) atoms. The number of hydrogen-bond acceptors (Lipinski definition) is 5. The number of ether oxygens (including phenoxy) is 1. The smallest absolute Gasteiger partial charge is 0.183 e. The summed E-state index contributed by atoms with van der Waals surface area (Å²) in [6.07, 6.45) is -4.11. The van der Waals surface area contributed by atoms with Gasteiger partial charge in [0.05, 0.1) is 18.8 Å². The first-order valence-electron chi connectivity index (χ1n) is 3.45. The molecule has 0 bridgehead atoms. The first-order chi connectivity index (χ1) is 5.15. The molecule has 0 aliphatic carbocycles. The highest BCUT2D eigenvalue weighted by Gasteiger charge is 2.34. The summed E-state index contributed by atoms with van der Waals surface area (Å²) in [4.78, 5) is 0. The lowest BCUT2D eigenvalue weighted by Crippen LogP contribution is -2.49. The maximum atomic E-state index is 9.05. The molecule has 0 aromatic heterocycles. The predicted molar refractivity (Wildman–Crippen MR) is 34.6 cm³/mol. The van der Waals surface area contributed by atoms with Crippen LogP contribution in [0.2, 0.25) is 0 Å². The van der Waals surface area contributed by atoms with Crippen LogP contribution < -0.4 is 0 Å². The molecule has 1 aliphatic heterocycles. The van der Waals surface area contributed by atoms with E-state index in [0.29, 0.717) is 0 Å². The summed E-state index contributed by atoms with van der Waals surface area (Å²) in [7, 11) is 0. The highest BCUT2D eigenvalue weighted by atomic mass is 16.6. The second-order valence-electron chi connectivity index (χ2n) is 2.62. The Morgan fingerprint density at radius 2 is 1.91 bits per heavy atom. The van der Waals surface area contributed by atoms with Crippen LogP contribution in [0.15, 0.2) is 0 Å². The third-order valence-electron chi connectivity index (χ3n) is 1.73. The van der Waals surface area contributed by atoms with Crippen LogP contribution in [-0.2, 0) is 4.74 Å². The molecule has 0 spiro atoms. The standard InChI is InChI=1S/C6H12O5/c7-2-3-1-4(8)5(9)6(10)11-3/h3-10H,1-2H2/t3?,4-,5?,6+/m1/s1. The maximum absolute atomic E-state index is 9.05. The number of aliphatic hydroxyl groups excluding tert-OH is 4. The Kier molecular flexibility index (Phi) is 2.80. The van der Waals surface area contributed by atoms with Gasteiger partial charge < -0.3 is 25.2 Å². The van der Waals surface area contributed by atoms with Crippen LogP contribution in [0.5, 0.6) is 0 Å². The molecule has 1 fully saturated rings. The molecule has 5 nitrogen and oxygen atoms in total. The van der Waals surface area contributed by atoms with E-state index in [9.17, 15) is 0 Å². The monoisotopic (exact) mass is 164 g/mol. The maximum Gasteiger partial charge on any atom is 0.183 e. The molecular formula is C6H12O5. The van der Waals surface area contributed by atoms with Crippen molar-refractivity contribution in [2.24, 2.45) is 0 Å². The lowest BCUT2D eigenvalue weighted by atomic mass is 10.0. The molecule has 1 saturated heterocycles. The summed E-state index contributed by atoms with van der Waals surface area (Å²) < 4.78 is 4.71. The molecule has 66 valence electrons. The zero-order chi connectivity index (χ0) is 8.43. The summed E-state index contributed by atoms with van der Waals surface area (Å²) in [6.45, 7) is -0.263. The van der Waals surface area contributed by atoms with Crippen molar-refractivity contribution in [1.82, 2.24) is 0 Å². The minimum absolute atomic E-state index is 0.148. The van der Waals surface area contributed by atoms with Gasteiger partial charge in [0.1, 0.15) is 6.10 Å². The number of rotatable bonds is 1. The largest absolute Gasteiger partial charge is 0.394 e. The van der Waals surface area contributed by atoms with E-state index < -0.39 is 24.6 Å². The fourth-order valence-corrected chi connectivity index (χ4v) is 1.05. The van der Waals surface area contributed by atoms with Gasteiger partial charge in [0, 0.05) is 6.42 Å². The number of hydrogen-bond donors (Lipinski definition) is 4. The molecule has 0 amide bonds. The first kappa shape index (κ1) is 8.89. The summed E-state index contributed by atoms with van der Waals surface area (Å²) in [6, 6.07) is 0. The van der Waals surface area contributed by atoms with Crippen molar-refractivity contribution in [3.05, 3.63) is 0 Å². The molecule has 1 heterocycles. The fraction of sp³-hybridized carbons (Fsp3) is 1.00. The minimum Gasteiger partial charge on any atom is -0.394 e. The Morgan fingerprint density at radius 1 is 1.27 bits per heavy atom. The van der Waals surface area contributed by atoms with E-state index in [0.717, 1.165) is 0 Å². The molecule has 0 radical (unpaired) electrons. The SMILES string of the molecule is OCC1C[C@@H](O)C(O)[C@@H](O)O1. The number of aliphatic hydroxyl groups is 4. The van der Waals surface area contributed by atoms with Gasteiger partial charge in [-0.2, -0.15) is 0 Å². The van der Waals surface area contributed by atoms with Crippen molar-refractivity contribution >= 4 is 0 Å². The van der Waals surface area contributed by atoms with E-state index in [-0.39, 0.29) is 13.0 Å². The van der Waals surface area contributed by atoms with Crippen LogP contribution in [0.1, 0.15) is 6.42 Å². The van der Waals surface area contributed by atoms with Gasteiger partial charge in [-0.15, -0.1) is 0 Å². The molecule has 4 N–H and O–H groups in total. The van der Waals surface area contributed by atoms with Crippen LogP contribution in [0.4, 0.5) is 0 Å². The van der Waals surface area contributed by atoms with Gasteiger partial charge in [-0.1, -0.05) is 0 Å². The highest BCUT2D eigenvalue weighted by molar-refractivity contribution is 4.79. The molecule has 2 unspecified atom stereocenters. The van der Waals surface area contributed by atoms with E-state index in [1.54, 1.807) is 0 Å². The molecule has 1 rings (SSSR count). The van der Waals surface area contributed by atoms with Crippen molar-refractivity contribution in [3.63, 3.8) is 0 Å². The van der Waals surface area contributed by atoms with E-state index in [1.807, 2.05) is 0 Å². The van der Waals surface area contributed by atoms with Gasteiger partial charge in [-0.3, -0.25) is 0 Å². The van der Waals surface area contributed by atoms with E-state index in [4.69, 9.17) is 25.2 Å². The topological polar surface area (TPSA) is 90.2 Å². The molecule has 4 atom stereocenters. The molecule has 1 aliphatic rings. The zero-order valence-electron chi connectivity index (χ0n) is 5.92. The van der Waals surface area contributed by atoms with Crippen molar-refractivity contribution in [2.75, 3.05) is 6.61 Å². The Balaban J connectivity index is 2.47. The third kappa shape index (κ3) is 1.88. The van der Waals surface area contributed by atoms with Gasteiger partial charge in [0.25, 0.3) is 0 Å². The third-order valence-corrected chi connectivity index (χ3v) is 1.73. The van der Waals surface area contributed by atoms with Crippen molar-refractivity contribution in [1.29, 1.82) is 0 Å². The molecule has 0 aromatic carbocycles. The fourth-order valence-electron chi connectivity index (χ4n) is 1.05. The van der Waals surface area contributed by atoms with E-state index >= 15 is 0 Å². The Labute approximate surface area is 63.8 Å². The molecule has 0 aromatic rings. The van der Waals surface area contributed by atoms with Gasteiger partial charge in [0.15, 0.2) is 6.29 Å². The first-order valence-corrected chi connectivity index (χ1v) is 3.45. The van der Waals surface area contributed by atoms with Crippen LogP contribution in [0, 0.1) is 0 Å². The Bertz CT molecular complexity index is 116. The summed E-state index contributed by atoms with van der Waals surface area (Å²) in [5.41, 5.74) is 0. The Hall–Kier alpha value is -0.200. The van der Waals surface area contributed by atoms with Crippen LogP contribution in [0.3, 0.4) is 0 Å². The predicted octanol–water partition coefficient (Wildman–Crippen LogP) is -2.19. The highest BCUT2D eigenvalue weighted by Crippen LogP contribution is 2.17. The van der Waals surface area contributed by atoms with Crippen molar-refractivity contribution < 1.29 is 25.2 Å². The lowest BCUT2D eigenvalue weighted by molar-refractivity contribution is -0.251. The minimum atomic E-state index is -1.39. The molecule has 0 saturated carbocycles. The van der Waals surface area contributed by atoms with Gasteiger partial charge in [-0.25, -0.2) is 0 Å². The molecular weight excluding hydrogens is 152 g/mol. The van der Waals surface area contributed by atoms with Crippen molar-refractivity contribution in [3.8, 4) is 0 Å². The Morgan fingerprint density at radius 3 is 2.36 bits per heavy atom. The zero-order valence-corrected chi connectivity index (χ0v) is 5.92. The average Bonchev–Trinajstić information content (AvgIpc) is 1.99. The van der Waals surface area contributed by atoms with Gasteiger partial charge in [-0.05, 0) is 0 Å². The quantitative estimate of drug-likeness (QED) is 0.353. The summed E-state index contributed by atoms with van der Waals surface area (Å²) in [5.74, 6) is 0. The van der Waals surface area contributed by atoms with Crippen LogP contribution >= 0.6 is 0 Å². The van der Waals surface area contributed by atoms with Gasteiger partial charge >= 0.3 is 0 Å².